The van der Waals surface area contributed by atoms with Crippen molar-refractivity contribution >= 4 is 16.6 Å². The van der Waals surface area contributed by atoms with E-state index in [0.29, 0.717) is 48.9 Å². The van der Waals surface area contributed by atoms with Gasteiger partial charge in [-0.3, -0.25) is 4.79 Å². The summed E-state index contributed by atoms with van der Waals surface area (Å²) in [6, 6.07) is 17.2. The van der Waals surface area contributed by atoms with Crippen LogP contribution in [-0.2, 0) is 22.9 Å². The Bertz CT molecular complexity index is 1820. The highest BCUT2D eigenvalue weighted by Crippen LogP contribution is 2.33. The largest absolute Gasteiger partial charge is 0.416 e. The van der Waals surface area contributed by atoms with Crippen molar-refractivity contribution in [3.8, 4) is 11.5 Å². The van der Waals surface area contributed by atoms with Gasteiger partial charge in [-0.1, -0.05) is 47.6 Å². The maximum atomic E-state index is 15.5. The highest BCUT2D eigenvalue weighted by molar-refractivity contribution is 5.86. The zero-order valence-electron chi connectivity index (χ0n) is 23.5. The van der Waals surface area contributed by atoms with Crippen LogP contribution in [0.4, 0.5) is 23.2 Å². The first kappa shape index (κ1) is 28.6. The second-order valence-electron chi connectivity index (χ2n) is 11.0. The number of morpholine rings is 1. The van der Waals surface area contributed by atoms with Gasteiger partial charge in [-0.25, -0.2) is 4.39 Å². The van der Waals surface area contributed by atoms with Gasteiger partial charge in [0.1, 0.15) is 11.4 Å². The maximum Gasteiger partial charge on any atom is 0.416 e. The van der Waals surface area contributed by atoms with Gasteiger partial charge < -0.3 is 18.7 Å². The van der Waals surface area contributed by atoms with E-state index in [1.165, 1.54) is 24.4 Å². The summed E-state index contributed by atoms with van der Waals surface area (Å²) in [5.74, 6) is -0.248. The Morgan fingerprint density at radius 1 is 0.930 bits per heavy atom. The predicted octanol–water partition coefficient (Wildman–Crippen LogP) is 6.42. The van der Waals surface area contributed by atoms with Crippen LogP contribution in [0.3, 0.4) is 0 Å². The average Bonchev–Trinajstić information content (AvgIpc) is 3.50. The molecule has 0 spiro atoms. The van der Waals surface area contributed by atoms with Gasteiger partial charge in [0.05, 0.1) is 35.4 Å². The van der Waals surface area contributed by atoms with Crippen molar-refractivity contribution < 1.29 is 26.8 Å². The second-order valence-corrected chi connectivity index (χ2v) is 11.0. The van der Waals surface area contributed by atoms with Gasteiger partial charge in [0.2, 0.25) is 5.43 Å². The molecule has 11 heteroatoms. The number of pyridine rings is 1. The third-order valence-corrected chi connectivity index (χ3v) is 7.85. The molecule has 3 heterocycles. The van der Waals surface area contributed by atoms with Crippen molar-refractivity contribution in [3.05, 3.63) is 111 Å². The van der Waals surface area contributed by atoms with Crippen LogP contribution in [0.25, 0.3) is 22.4 Å². The van der Waals surface area contributed by atoms with Crippen molar-refractivity contribution in [2.45, 2.75) is 32.0 Å². The molecule has 0 aliphatic carbocycles. The Morgan fingerprint density at radius 2 is 1.63 bits per heavy atom. The van der Waals surface area contributed by atoms with Gasteiger partial charge >= 0.3 is 6.18 Å². The van der Waals surface area contributed by atoms with Crippen LogP contribution >= 0.6 is 0 Å². The molecule has 6 rings (SSSR count). The van der Waals surface area contributed by atoms with Crippen LogP contribution in [0.15, 0.2) is 82.2 Å². The summed E-state index contributed by atoms with van der Waals surface area (Å²) in [6.45, 7) is 5.80. The number of benzene rings is 3. The van der Waals surface area contributed by atoms with E-state index in [1.54, 1.807) is 10.6 Å². The van der Waals surface area contributed by atoms with Crippen LogP contribution in [0.1, 0.15) is 36.4 Å². The SMILES string of the molecule is CC(C)(c1ccccc1)c1noc(-c2cn(Cc3ccc(C(F)(F)F)cc3)c3cc(N4CCOCC4)c(F)cc3c2=O)n1. The van der Waals surface area contributed by atoms with E-state index in [1.807, 2.05) is 49.1 Å². The van der Waals surface area contributed by atoms with E-state index in [-0.39, 0.29) is 23.4 Å². The molecule has 0 amide bonds. The van der Waals surface area contributed by atoms with E-state index < -0.39 is 28.4 Å². The van der Waals surface area contributed by atoms with Crippen molar-refractivity contribution in [2.75, 3.05) is 31.2 Å². The lowest BCUT2D eigenvalue weighted by Crippen LogP contribution is -2.36. The number of anilines is 1. The number of hydrogen-bond acceptors (Lipinski definition) is 6. The Morgan fingerprint density at radius 3 is 2.30 bits per heavy atom. The quantitative estimate of drug-likeness (QED) is 0.212. The summed E-state index contributed by atoms with van der Waals surface area (Å²) in [5, 5.41) is 4.25. The summed E-state index contributed by atoms with van der Waals surface area (Å²) in [7, 11) is 0. The third kappa shape index (κ3) is 5.52. The fraction of sp³-hybridized carbons (Fsp3) is 0.281. The molecule has 1 aliphatic heterocycles. The molecule has 0 atom stereocenters. The average molecular weight is 593 g/mol. The molecule has 1 fully saturated rings. The van der Waals surface area contributed by atoms with Crippen LogP contribution in [-0.4, -0.2) is 41.0 Å². The van der Waals surface area contributed by atoms with Gasteiger partial charge in [0, 0.05) is 31.2 Å². The molecule has 222 valence electrons. The summed E-state index contributed by atoms with van der Waals surface area (Å²) in [4.78, 5) is 20.2. The first-order chi connectivity index (χ1) is 20.5. The van der Waals surface area contributed by atoms with E-state index >= 15 is 4.39 Å². The van der Waals surface area contributed by atoms with Crippen LogP contribution in [0.2, 0.25) is 0 Å². The molecule has 0 N–H and O–H groups in total. The molecular formula is C32H28F4N4O3. The molecule has 0 unspecified atom stereocenters. The Labute approximate surface area is 244 Å². The number of nitrogens with zero attached hydrogens (tertiary/aromatic N) is 4. The Balaban J connectivity index is 1.48. The van der Waals surface area contributed by atoms with Gasteiger partial charge in [-0.2, -0.15) is 18.2 Å². The zero-order chi connectivity index (χ0) is 30.4. The van der Waals surface area contributed by atoms with Crippen molar-refractivity contribution in [3.63, 3.8) is 0 Å². The molecule has 7 nitrogen and oxygen atoms in total. The zero-order valence-corrected chi connectivity index (χ0v) is 23.5. The molecule has 1 aliphatic rings. The molecule has 3 aromatic carbocycles. The maximum absolute atomic E-state index is 15.5. The summed E-state index contributed by atoms with van der Waals surface area (Å²) in [6.07, 6.45) is -2.93. The summed E-state index contributed by atoms with van der Waals surface area (Å²) < 4.78 is 67.7. The van der Waals surface area contributed by atoms with E-state index in [2.05, 4.69) is 10.1 Å². The smallest absolute Gasteiger partial charge is 0.378 e. The lowest BCUT2D eigenvalue weighted by molar-refractivity contribution is -0.137. The number of hydrogen-bond donors (Lipinski definition) is 0. The third-order valence-electron chi connectivity index (χ3n) is 7.85. The fourth-order valence-corrected chi connectivity index (χ4v) is 5.30. The van der Waals surface area contributed by atoms with Crippen LogP contribution < -0.4 is 10.3 Å². The molecule has 0 bridgehead atoms. The highest BCUT2D eigenvalue weighted by atomic mass is 19.4. The van der Waals surface area contributed by atoms with Crippen LogP contribution in [0.5, 0.6) is 0 Å². The van der Waals surface area contributed by atoms with Crippen molar-refractivity contribution in [2.24, 2.45) is 0 Å². The van der Waals surface area contributed by atoms with Crippen LogP contribution in [0, 0.1) is 5.82 Å². The fourth-order valence-electron chi connectivity index (χ4n) is 5.30. The van der Waals surface area contributed by atoms with Gasteiger partial charge in [-0.15, -0.1) is 0 Å². The first-order valence-electron chi connectivity index (χ1n) is 13.8. The van der Waals surface area contributed by atoms with Gasteiger partial charge in [0.15, 0.2) is 5.82 Å². The molecule has 43 heavy (non-hydrogen) atoms. The monoisotopic (exact) mass is 592 g/mol. The van der Waals surface area contributed by atoms with E-state index in [9.17, 15) is 18.0 Å². The lowest BCUT2D eigenvalue weighted by atomic mass is 9.84. The van der Waals surface area contributed by atoms with Crippen molar-refractivity contribution in [1.29, 1.82) is 0 Å². The number of ether oxygens (including phenoxy) is 1. The number of rotatable bonds is 6. The molecule has 1 saturated heterocycles. The molecule has 0 radical (unpaired) electrons. The van der Waals surface area contributed by atoms with Crippen molar-refractivity contribution in [1.82, 2.24) is 14.7 Å². The minimum absolute atomic E-state index is 0.0373. The minimum atomic E-state index is -4.47. The number of alkyl halides is 3. The van der Waals surface area contributed by atoms with E-state index in [0.717, 1.165) is 17.7 Å². The number of fused-ring (bicyclic) bond motifs is 1. The molecule has 0 saturated carbocycles. The highest BCUT2D eigenvalue weighted by Gasteiger charge is 2.31. The summed E-state index contributed by atoms with van der Waals surface area (Å²) in [5.41, 5.74) is 0.376. The van der Waals surface area contributed by atoms with Gasteiger partial charge in [-0.05, 0) is 49.2 Å². The van der Waals surface area contributed by atoms with Gasteiger partial charge in [0.25, 0.3) is 5.89 Å². The lowest BCUT2D eigenvalue weighted by Gasteiger charge is -2.29. The topological polar surface area (TPSA) is 73.4 Å². The first-order valence-corrected chi connectivity index (χ1v) is 13.8. The van der Waals surface area contributed by atoms with E-state index in [4.69, 9.17) is 9.26 Å². The number of halogens is 4. The predicted molar refractivity (Wildman–Crippen MR) is 154 cm³/mol. The number of aromatic nitrogens is 3. The second kappa shape index (κ2) is 11.0. The summed E-state index contributed by atoms with van der Waals surface area (Å²) >= 11 is 0. The minimum Gasteiger partial charge on any atom is -0.378 e. The molecule has 5 aromatic rings. The Kier molecular flexibility index (Phi) is 7.29. The normalized spacial score (nSPS) is 14.4. The standard InChI is InChI=1S/C32H28F4N4O3/c1-31(2,21-6-4-3-5-7-21)30-37-29(43-38-30)24-19-40(18-20-8-10-22(11-9-20)32(34,35)36)26-17-27(39-12-14-42-15-13-39)25(33)16-23(26)28(24)41/h3-11,16-17,19H,12-15,18H2,1-2H3. The molecule has 2 aromatic heterocycles. The Hall–Kier alpha value is -4.51. The molecular weight excluding hydrogens is 564 g/mol.